The van der Waals surface area contributed by atoms with Gasteiger partial charge < -0.3 is 9.64 Å². The summed E-state index contributed by atoms with van der Waals surface area (Å²) in [5.41, 5.74) is 1.64. The van der Waals surface area contributed by atoms with E-state index in [0.29, 0.717) is 24.5 Å². The summed E-state index contributed by atoms with van der Waals surface area (Å²) in [6.45, 7) is 0.415. The molecule has 2 aliphatic rings. The lowest BCUT2D eigenvalue weighted by Gasteiger charge is -2.34. The Morgan fingerprint density at radius 2 is 1.67 bits per heavy atom. The smallest absolute Gasteiger partial charge is 0.235 e. The van der Waals surface area contributed by atoms with Gasteiger partial charge in [0.15, 0.2) is 9.84 Å². The van der Waals surface area contributed by atoms with Gasteiger partial charge in [-0.15, -0.1) is 11.3 Å². The largest absolute Gasteiger partial charge is 0.457 e. The first-order chi connectivity index (χ1) is 14.5. The van der Waals surface area contributed by atoms with Gasteiger partial charge in [-0.2, -0.15) is 0 Å². The number of rotatable bonds is 4. The molecule has 2 aromatic carbocycles. The molecule has 1 fully saturated rings. The standard InChI is InChI=1S/C23H21NO4S2/c25-23(24(14-17-6-5-12-29-17)16-11-13-30(26,27)15-16)22-18-7-1-3-9-20(18)28-21-10-4-2-8-19(21)22/h1-10,12,16,22H,11,13-15H2/t16-/m0/s1. The van der Waals surface area contributed by atoms with E-state index >= 15 is 0 Å². The zero-order valence-electron chi connectivity index (χ0n) is 16.2. The van der Waals surface area contributed by atoms with E-state index < -0.39 is 15.8 Å². The van der Waals surface area contributed by atoms with Crippen molar-refractivity contribution in [3.8, 4) is 11.5 Å². The molecular weight excluding hydrogens is 418 g/mol. The summed E-state index contributed by atoms with van der Waals surface area (Å²) >= 11 is 1.58. The monoisotopic (exact) mass is 439 g/mol. The number of carbonyl (C=O) groups excluding carboxylic acids is 1. The van der Waals surface area contributed by atoms with Gasteiger partial charge in [0.25, 0.3) is 0 Å². The van der Waals surface area contributed by atoms with E-state index in [2.05, 4.69) is 0 Å². The van der Waals surface area contributed by atoms with Gasteiger partial charge in [0.05, 0.1) is 24.0 Å². The van der Waals surface area contributed by atoms with Crippen LogP contribution in [0.2, 0.25) is 0 Å². The first-order valence-corrected chi connectivity index (χ1v) is 12.6. The fourth-order valence-electron chi connectivity index (χ4n) is 4.32. The molecule has 0 N–H and O–H groups in total. The maximum atomic E-state index is 14.0. The summed E-state index contributed by atoms with van der Waals surface area (Å²) in [4.78, 5) is 16.8. The molecule has 1 amide bonds. The number of amides is 1. The van der Waals surface area contributed by atoms with E-state index in [1.807, 2.05) is 66.0 Å². The minimum atomic E-state index is -3.12. The van der Waals surface area contributed by atoms with Crippen LogP contribution >= 0.6 is 11.3 Å². The highest BCUT2D eigenvalue weighted by Crippen LogP contribution is 2.45. The Hall–Kier alpha value is -2.64. The molecule has 5 rings (SSSR count). The lowest BCUT2D eigenvalue weighted by Crippen LogP contribution is -2.43. The first kappa shape index (κ1) is 19.3. The van der Waals surface area contributed by atoms with Crippen molar-refractivity contribution in [3.63, 3.8) is 0 Å². The topological polar surface area (TPSA) is 63.7 Å². The molecule has 1 aromatic heterocycles. The Kier molecular flexibility index (Phi) is 4.87. The molecule has 0 saturated carbocycles. The summed E-state index contributed by atoms with van der Waals surface area (Å²) in [5, 5.41) is 1.97. The highest BCUT2D eigenvalue weighted by Gasteiger charge is 2.40. The average Bonchev–Trinajstić information content (AvgIpc) is 3.38. The molecule has 3 aromatic rings. The van der Waals surface area contributed by atoms with E-state index in [4.69, 9.17) is 4.74 Å². The van der Waals surface area contributed by atoms with Gasteiger partial charge in [0.2, 0.25) is 5.91 Å². The van der Waals surface area contributed by atoms with Crippen LogP contribution in [0.4, 0.5) is 0 Å². The number of para-hydroxylation sites is 2. The number of thiophene rings is 1. The number of benzene rings is 2. The molecule has 30 heavy (non-hydrogen) atoms. The number of hydrogen-bond donors (Lipinski definition) is 0. The lowest BCUT2D eigenvalue weighted by molar-refractivity contribution is -0.134. The third-order valence-electron chi connectivity index (χ3n) is 5.77. The van der Waals surface area contributed by atoms with Crippen molar-refractivity contribution in [1.29, 1.82) is 0 Å². The van der Waals surface area contributed by atoms with Crippen LogP contribution in [0, 0.1) is 0 Å². The molecule has 0 unspecified atom stereocenters. The number of sulfone groups is 1. The highest BCUT2D eigenvalue weighted by atomic mass is 32.2. The summed E-state index contributed by atoms with van der Waals surface area (Å²) < 4.78 is 30.4. The van der Waals surface area contributed by atoms with Crippen LogP contribution in [0.15, 0.2) is 66.0 Å². The summed E-state index contributed by atoms with van der Waals surface area (Å²) in [5.74, 6) is 0.904. The third kappa shape index (κ3) is 3.52. The van der Waals surface area contributed by atoms with Gasteiger partial charge >= 0.3 is 0 Å². The molecule has 0 radical (unpaired) electrons. The second-order valence-corrected chi connectivity index (χ2v) is 11.0. The van der Waals surface area contributed by atoms with Crippen LogP contribution in [0.1, 0.15) is 28.3 Å². The van der Waals surface area contributed by atoms with Crippen molar-refractivity contribution in [1.82, 2.24) is 4.90 Å². The maximum Gasteiger partial charge on any atom is 0.235 e. The number of hydrogen-bond acceptors (Lipinski definition) is 5. The maximum absolute atomic E-state index is 14.0. The van der Waals surface area contributed by atoms with Crippen LogP contribution in [-0.4, -0.2) is 36.8 Å². The molecule has 1 atom stereocenters. The molecule has 0 aliphatic carbocycles. The van der Waals surface area contributed by atoms with E-state index in [-0.39, 0.29) is 23.5 Å². The molecule has 0 spiro atoms. The number of fused-ring (bicyclic) bond motifs is 2. The summed E-state index contributed by atoms with van der Waals surface area (Å²) in [6.07, 6.45) is 0.478. The molecule has 2 aliphatic heterocycles. The minimum Gasteiger partial charge on any atom is -0.457 e. The van der Waals surface area contributed by atoms with E-state index in [0.717, 1.165) is 16.0 Å². The number of carbonyl (C=O) groups is 1. The fraction of sp³-hybridized carbons (Fsp3) is 0.261. The minimum absolute atomic E-state index is 0.0244. The molecule has 1 saturated heterocycles. The second-order valence-electron chi connectivity index (χ2n) is 7.71. The molecular formula is C23H21NO4S2. The highest BCUT2D eigenvalue weighted by molar-refractivity contribution is 7.91. The van der Waals surface area contributed by atoms with E-state index in [1.54, 1.807) is 16.2 Å². The predicted molar refractivity (Wildman–Crippen MR) is 117 cm³/mol. The van der Waals surface area contributed by atoms with Crippen molar-refractivity contribution in [3.05, 3.63) is 82.0 Å². The van der Waals surface area contributed by atoms with Gasteiger partial charge in [-0.05, 0) is 30.0 Å². The number of nitrogens with zero attached hydrogens (tertiary/aromatic N) is 1. The first-order valence-electron chi connectivity index (χ1n) is 9.91. The van der Waals surface area contributed by atoms with Crippen molar-refractivity contribution in [2.45, 2.75) is 24.9 Å². The Morgan fingerprint density at radius 1 is 1.00 bits per heavy atom. The van der Waals surface area contributed by atoms with Gasteiger partial charge in [-0.25, -0.2) is 8.42 Å². The fourth-order valence-corrected chi connectivity index (χ4v) is 6.75. The van der Waals surface area contributed by atoms with Crippen molar-refractivity contribution in [2.24, 2.45) is 0 Å². The van der Waals surface area contributed by atoms with Crippen molar-refractivity contribution >= 4 is 27.1 Å². The number of ether oxygens (including phenoxy) is 1. The van der Waals surface area contributed by atoms with Crippen molar-refractivity contribution < 1.29 is 17.9 Å². The Balaban J connectivity index is 1.58. The van der Waals surface area contributed by atoms with Crippen LogP contribution in [0.5, 0.6) is 11.5 Å². The Bertz CT molecular complexity index is 1140. The third-order valence-corrected chi connectivity index (χ3v) is 8.38. The predicted octanol–water partition coefficient (Wildman–Crippen LogP) is 4.20. The average molecular weight is 440 g/mol. The lowest BCUT2D eigenvalue weighted by atomic mass is 9.86. The van der Waals surface area contributed by atoms with Gasteiger partial charge in [0.1, 0.15) is 11.5 Å². The molecule has 154 valence electrons. The second kappa shape index (κ2) is 7.56. The van der Waals surface area contributed by atoms with Crippen LogP contribution in [-0.2, 0) is 21.2 Å². The van der Waals surface area contributed by atoms with Crippen LogP contribution in [0.25, 0.3) is 0 Å². The van der Waals surface area contributed by atoms with Gasteiger partial charge in [0, 0.05) is 22.0 Å². The van der Waals surface area contributed by atoms with Gasteiger partial charge in [-0.1, -0.05) is 42.5 Å². The zero-order chi connectivity index (χ0) is 20.7. The van der Waals surface area contributed by atoms with Crippen LogP contribution < -0.4 is 4.74 Å². The zero-order valence-corrected chi connectivity index (χ0v) is 17.9. The Morgan fingerprint density at radius 3 is 2.23 bits per heavy atom. The summed E-state index contributed by atoms with van der Waals surface area (Å²) in [7, 11) is -3.12. The SMILES string of the molecule is O=C(C1c2ccccc2Oc2ccccc21)N(Cc1cccs1)[C@H]1CCS(=O)(=O)C1. The van der Waals surface area contributed by atoms with Gasteiger partial charge in [-0.3, -0.25) is 4.79 Å². The van der Waals surface area contributed by atoms with Crippen molar-refractivity contribution in [2.75, 3.05) is 11.5 Å². The molecule has 7 heteroatoms. The van der Waals surface area contributed by atoms with Crippen LogP contribution in [0.3, 0.4) is 0 Å². The molecule has 3 heterocycles. The van der Waals surface area contributed by atoms with E-state index in [1.165, 1.54) is 0 Å². The normalized spacial score (nSPS) is 19.5. The molecule has 0 bridgehead atoms. The quantitative estimate of drug-likeness (QED) is 0.611. The Labute approximate surface area is 179 Å². The summed E-state index contributed by atoms with van der Waals surface area (Å²) in [6, 6.07) is 18.8. The molecule has 5 nitrogen and oxygen atoms in total. The van der Waals surface area contributed by atoms with E-state index in [9.17, 15) is 13.2 Å².